The number of methoxy groups -OCH3 is 1. The number of aromatic nitrogens is 4. The van der Waals surface area contributed by atoms with Crippen LogP contribution in [0.3, 0.4) is 0 Å². The second-order valence-corrected chi connectivity index (χ2v) is 7.27. The molecule has 0 aliphatic rings. The van der Waals surface area contributed by atoms with E-state index in [9.17, 15) is 9.59 Å². The van der Waals surface area contributed by atoms with E-state index in [4.69, 9.17) is 4.74 Å². The highest BCUT2D eigenvalue weighted by Crippen LogP contribution is 2.25. The molecule has 0 saturated carbocycles. The zero-order valence-corrected chi connectivity index (χ0v) is 16.4. The number of anilines is 1. The number of Topliss-reactive ketones (excluding diaryl/α,β-unsaturated/α-hetero) is 1. The Morgan fingerprint density at radius 3 is 2.61 bits per heavy atom. The fourth-order valence-electron chi connectivity index (χ4n) is 2.41. The largest absolute Gasteiger partial charge is 0.497 e. The minimum atomic E-state index is -0.455. The summed E-state index contributed by atoms with van der Waals surface area (Å²) >= 11 is 1.24. The number of nitrogens with zero attached hydrogens (tertiary/aromatic N) is 4. The summed E-state index contributed by atoms with van der Waals surface area (Å²) in [6.07, 6.45) is 0. The van der Waals surface area contributed by atoms with Crippen molar-refractivity contribution in [2.75, 3.05) is 12.4 Å². The molecule has 0 unspecified atom stereocenters. The van der Waals surface area contributed by atoms with E-state index >= 15 is 0 Å². The SMILES string of the molecule is COc1ccc(-n2nnnc2S[C@@H](C)C(=O)Nc2cccc(C(C)=O)c2)cc1. The van der Waals surface area contributed by atoms with Gasteiger partial charge in [0, 0.05) is 11.3 Å². The minimum absolute atomic E-state index is 0.0582. The monoisotopic (exact) mass is 397 g/mol. The Bertz CT molecular complexity index is 987. The number of hydrogen-bond donors (Lipinski definition) is 1. The van der Waals surface area contributed by atoms with Crippen molar-refractivity contribution in [3.8, 4) is 11.4 Å². The van der Waals surface area contributed by atoms with E-state index in [0.717, 1.165) is 11.4 Å². The van der Waals surface area contributed by atoms with Crippen LogP contribution < -0.4 is 10.1 Å². The zero-order valence-electron chi connectivity index (χ0n) is 15.6. The van der Waals surface area contributed by atoms with Crippen molar-refractivity contribution in [3.05, 3.63) is 54.1 Å². The second-order valence-electron chi connectivity index (χ2n) is 5.96. The van der Waals surface area contributed by atoms with Crippen molar-refractivity contribution in [2.24, 2.45) is 0 Å². The van der Waals surface area contributed by atoms with Crippen LogP contribution in [0, 0.1) is 0 Å². The van der Waals surface area contributed by atoms with E-state index in [1.165, 1.54) is 18.7 Å². The Morgan fingerprint density at radius 1 is 1.18 bits per heavy atom. The first-order valence-electron chi connectivity index (χ1n) is 8.49. The quantitative estimate of drug-likeness (QED) is 0.483. The summed E-state index contributed by atoms with van der Waals surface area (Å²) < 4.78 is 6.71. The minimum Gasteiger partial charge on any atom is -0.497 e. The molecule has 0 bridgehead atoms. The summed E-state index contributed by atoms with van der Waals surface area (Å²) in [5, 5.41) is 14.6. The number of ether oxygens (including phenoxy) is 1. The standard InChI is InChI=1S/C19H19N5O3S/c1-12(25)14-5-4-6-15(11-14)20-18(26)13(2)28-19-21-22-23-24(19)16-7-9-17(27-3)10-8-16/h4-11,13H,1-3H3,(H,20,26)/t13-/m0/s1. The summed E-state index contributed by atoms with van der Waals surface area (Å²) in [4.78, 5) is 24.0. The van der Waals surface area contributed by atoms with Crippen molar-refractivity contribution < 1.29 is 14.3 Å². The molecule has 0 saturated heterocycles. The number of nitrogens with one attached hydrogen (secondary N) is 1. The lowest BCUT2D eigenvalue weighted by Gasteiger charge is -2.12. The molecular formula is C19H19N5O3S. The third-order valence-corrected chi connectivity index (χ3v) is 4.98. The maximum absolute atomic E-state index is 12.5. The van der Waals surface area contributed by atoms with Crippen LogP contribution >= 0.6 is 11.8 Å². The Hall–Kier alpha value is -3.20. The van der Waals surface area contributed by atoms with Crippen molar-refractivity contribution in [3.63, 3.8) is 0 Å². The molecule has 28 heavy (non-hydrogen) atoms. The van der Waals surface area contributed by atoms with Gasteiger partial charge < -0.3 is 10.1 Å². The number of hydrogen-bond acceptors (Lipinski definition) is 7. The van der Waals surface area contributed by atoms with Crippen LogP contribution in [0.2, 0.25) is 0 Å². The number of benzene rings is 2. The van der Waals surface area contributed by atoms with Crippen LogP contribution in [-0.4, -0.2) is 44.3 Å². The Balaban J connectivity index is 1.70. The van der Waals surface area contributed by atoms with Gasteiger partial charge in [-0.2, -0.15) is 4.68 Å². The molecule has 8 nitrogen and oxygen atoms in total. The average molecular weight is 397 g/mol. The molecule has 0 radical (unpaired) electrons. The first kappa shape index (κ1) is 19.6. The first-order valence-corrected chi connectivity index (χ1v) is 9.37. The van der Waals surface area contributed by atoms with Gasteiger partial charge in [-0.25, -0.2) is 0 Å². The normalized spacial score (nSPS) is 11.7. The van der Waals surface area contributed by atoms with E-state index in [-0.39, 0.29) is 11.7 Å². The van der Waals surface area contributed by atoms with Gasteiger partial charge in [0.2, 0.25) is 11.1 Å². The van der Waals surface area contributed by atoms with Crippen molar-refractivity contribution in [1.29, 1.82) is 0 Å². The molecule has 0 aliphatic carbocycles. The molecule has 144 valence electrons. The smallest absolute Gasteiger partial charge is 0.237 e. The number of ketones is 1. The van der Waals surface area contributed by atoms with Crippen molar-refractivity contribution >= 4 is 29.1 Å². The summed E-state index contributed by atoms with van der Waals surface area (Å²) in [6.45, 7) is 3.25. The Morgan fingerprint density at radius 2 is 1.93 bits per heavy atom. The summed E-state index contributed by atoms with van der Waals surface area (Å²) in [5.41, 5.74) is 1.87. The summed E-state index contributed by atoms with van der Waals surface area (Å²) in [5.74, 6) is 0.457. The second kappa shape index (κ2) is 8.66. The molecule has 9 heteroatoms. The highest BCUT2D eigenvalue weighted by atomic mass is 32.2. The number of amides is 1. The third kappa shape index (κ3) is 4.55. The van der Waals surface area contributed by atoms with E-state index in [1.807, 2.05) is 24.3 Å². The lowest BCUT2D eigenvalue weighted by molar-refractivity contribution is -0.115. The molecule has 1 N–H and O–H groups in total. The van der Waals surface area contributed by atoms with Gasteiger partial charge >= 0.3 is 0 Å². The molecule has 1 aromatic heterocycles. The maximum Gasteiger partial charge on any atom is 0.237 e. The van der Waals surface area contributed by atoms with Crippen LogP contribution in [0.4, 0.5) is 5.69 Å². The van der Waals surface area contributed by atoms with Gasteiger partial charge in [-0.3, -0.25) is 9.59 Å². The predicted octanol–water partition coefficient (Wildman–Crippen LogP) is 2.99. The van der Waals surface area contributed by atoms with Crippen molar-refractivity contribution in [2.45, 2.75) is 24.3 Å². The molecule has 1 heterocycles. The molecule has 1 amide bonds. The average Bonchev–Trinajstić information content (AvgIpc) is 3.16. The molecule has 0 spiro atoms. The maximum atomic E-state index is 12.5. The fraction of sp³-hybridized carbons (Fsp3) is 0.211. The van der Waals surface area contributed by atoms with Gasteiger partial charge in [-0.05, 0) is 60.7 Å². The van der Waals surface area contributed by atoms with Crippen LogP contribution in [0.5, 0.6) is 5.75 Å². The van der Waals surface area contributed by atoms with Gasteiger partial charge in [-0.15, -0.1) is 5.10 Å². The Labute approximate surface area is 166 Å². The number of carbonyl (C=O) groups is 2. The lowest BCUT2D eigenvalue weighted by Crippen LogP contribution is -2.23. The van der Waals surface area contributed by atoms with Crippen molar-refractivity contribution in [1.82, 2.24) is 20.2 Å². The molecule has 3 aromatic rings. The van der Waals surface area contributed by atoms with E-state index < -0.39 is 5.25 Å². The van der Waals surface area contributed by atoms with Crippen LogP contribution in [-0.2, 0) is 4.79 Å². The molecule has 0 fully saturated rings. The molecule has 1 atom stereocenters. The molecule has 2 aromatic carbocycles. The number of carbonyl (C=O) groups excluding carboxylic acids is 2. The number of tetrazole rings is 1. The van der Waals surface area contributed by atoms with Gasteiger partial charge in [0.25, 0.3) is 0 Å². The van der Waals surface area contributed by atoms with Gasteiger partial charge in [0.15, 0.2) is 5.78 Å². The van der Waals surface area contributed by atoms with Crippen LogP contribution in [0.1, 0.15) is 24.2 Å². The Kier molecular flexibility index (Phi) is 6.05. The van der Waals surface area contributed by atoms with Crippen LogP contribution in [0.25, 0.3) is 5.69 Å². The zero-order chi connectivity index (χ0) is 20.1. The number of thioether (sulfide) groups is 1. The van der Waals surface area contributed by atoms with E-state index in [1.54, 1.807) is 43.0 Å². The third-order valence-electron chi connectivity index (χ3n) is 3.95. The topological polar surface area (TPSA) is 99.0 Å². The lowest BCUT2D eigenvalue weighted by atomic mass is 10.1. The summed E-state index contributed by atoms with van der Waals surface area (Å²) in [7, 11) is 1.60. The molecular weight excluding hydrogens is 378 g/mol. The van der Waals surface area contributed by atoms with Gasteiger partial charge in [0.05, 0.1) is 18.0 Å². The fourth-order valence-corrected chi connectivity index (χ4v) is 3.22. The molecule has 0 aliphatic heterocycles. The first-order chi connectivity index (χ1) is 13.5. The molecule has 3 rings (SSSR count). The number of rotatable bonds is 7. The highest BCUT2D eigenvalue weighted by molar-refractivity contribution is 8.00. The van der Waals surface area contributed by atoms with Gasteiger partial charge in [-0.1, -0.05) is 23.9 Å². The van der Waals surface area contributed by atoms with Crippen LogP contribution in [0.15, 0.2) is 53.7 Å². The predicted molar refractivity (Wildman–Crippen MR) is 106 cm³/mol. The van der Waals surface area contributed by atoms with E-state index in [0.29, 0.717) is 16.4 Å². The summed E-state index contributed by atoms with van der Waals surface area (Å²) in [6, 6.07) is 14.1. The van der Waals surface area contributed by atoms with E-state index in [2.05, 4.69) is 20.8 Å². The highest BCUT2D eigenvalue weighted by Gasteiger charge is 2.19. The van der Waals surface area contributed by atoms with Gasteiger partial charge in [0.1, 0.15) is 5.75 Å².